The van der Waals surface area contributed by atoms with E-state index < -0.39 is 0 Å². The molecule has 164 valence electrons. The van der Waals surface area contributed by atoms with E-state index in [-0.39, 0.29) is 12.0 Å². The van der Waals surface area contributed by atoms with E-state index in [0.29, 0.717) is 38.4 Å². The third-order valence-electron chi connectivity index (χ3n) is 4.97. The van der Waals surface area contributed by atoms with Crippen LogP contribution in [0.4, 0.5) is 5.69 Å². The zero-order chi connectivity index (χ0) is 22.7. The molecule has 2 N–H and O–H groups in total. The molecule has 3 aromatic rings. The number of nitrogens with zero attached hydrogens (tertiary/aromatic N) is 1. The molecule has 5 nitrogen and oxygen atoms in total. The number of hydrogen-bond acceptors (Lipinski definition) is 3. The van der Waals surface area contributed by atoms with Gasteiger partial charge in [-0.1, -0.05) is 41.4 Å². The predicted octanol–water partition coefficient (Wildman–Crippen LogP) is 7.16. The van der Waals surface area contributed by atoms with Gasteiger partial charge in [-0.05, 0) is 68.7 Å². The second kappa shape index (κ2) is 9.63. The number of H-pyrrole nitrogens is 1. The Bertz CT molecular complexity index is 1210. The summed E-state index contributed by atoms with van der Waals surface area (Å²) in [6.07, 6.45) is 10.1. The minimum absolute atomic E-state index is 0.0196. The minimum Gasteiger partial charge on any atom is -0.491 e. The number of anilines is 1. The van der Waals surface area contributed by atoms with Crippen molar-refractivity contribution in [1.29, 1.82) is 0 Å². The third kappa shape index (κ3) is 5.06. The maximum absolute atomic E-state index is 12.8. The number of halogens is 2. The standard InChI is InChI=1S/C25H23Cl2N3O2/c1-15(2)32-18-9-10-19(22(27)13-18)25(31)29-17-8-11-21(26)20(12-17)24-28-14-23(30-24)16-6-4-3-5-7-16/h3-4,6,8-15H,5,7H2,1-2H3,(H,28,30)(H,29,31). The number of benzene rings is 2. The van der Waals surface area contributed by atoms with Gasteiger partial charge in [0.2, 0.25) is 0 Å². The van der Waals surface area contributed by atoms with Crippen molar-refractivity contribution < 1.29 is 9.53 Å². The first-order valence-corrected chi connectivity index (χ1v) is 11.1. The summed E-state index contributed by atoms with van der Waals surface area (Å²) in [5, 5.41) is 3.74. The fraction of sp³-hybridized carbons (Fsp3) is 0.200. The van der Waals surface area contributed by atoms with Crippen LogP contribution in [-0.4, -0.2) is 22.0 Å². The van der Waals surface area contributed by atoms with E-state index in [9.17, 15) is 4.79 Å². The highest BCUT2D eigenvalue weighted by molar-refractivity contribution is 6.35. The lowest BCUT2D eigenvalue weighted by molar-refractivity contribution is 0.102. The minimum atomic E-state index is -0.321. The molecule has 7 heteroatoms. The molecule has 2 aromatic carbocycles. The smallest absolute Gasteiger partial charge is 0.257 e. The number of nitrogens with one attached hydrogen (secondary N) is 2. The second-order valence-electron chi connectivity index (χ2n) is 7.76. The largest absolute Gasteiger partial charge is 0.491 e. The molecule has 0 unspecified atom stereocenters. The van der Waals surface area contributed by atoms with Gasteiger partial charge in [0.05, 0.1) is 33.6 Å². The van der Waals surface area contributed by atoms with Gasteiger partial charge in [-0.3, -0.25) is 4.79 Å². The Morgan fingerprint density at radius 1 is 1.16 bits per heavy atom. The average Bonchev–Trinajstić information content (AvgIpc) is 3.25. The van der Waals surface area contributed by atoms with Crippen molar-refractivity contribution in [3.8, 4) is 17.1 Å². The van der Waals surface area contributed by atoms with Crippen LogP contribution in [-0.2, 0) is 0 Å². The number of aromatic nitrogens is 2. The van der Waals surface area contributed by atoms with Gasteiger partial charge in [0.25, 0.3) is 5.91 Å². The van der Waals surface area contributed by atoms with Crippen LogP contribution in [0.5, 0.6) is 5.75 Å². The summed E-state index contributed by atoms with van der Waals surface area (Å²) in [5.41, 5.74) is 3.81. The first-order valence-electron chi connectivity index (χ1n) is 10.4. The van der Waals surface area contributed by atoms with Gasteiger partial charge in [-0.15, -0.1) is 0 Å². The third-order valence-corrected chi connectivity index (χ3v) is 5.61. The van der Waals surface area contributed by atoms with Gasteiger partial charge >= 0.3 is 0 Å². The number of imidazole rings is 1. The van der Waals surface area contributed by atoms with E-state index in [1.807, 2.05) is 20.0 Å². The van der Waals surface area contributed by atoms with Gasteiger partial charge < -0.3 is 15.0 Å². The van der Waals surface area contributed by atoms with Crippen LogP contribution < -0.4 is 10.1 Å². The van der Waals surface area contributed by atoms with Crippen LogP contribution in [0, 0.1) is 0 Å². The molecule has 32 heavy (non-hydrogen) atoms. The Labute approximate surface area is 197 Å². The summed E-state index contributed by atoms with van der Waals surface area (Å²) < 4.78 is 5.62. The molecule has 0 spiro atoms. The van der Waals surface area contributed by atoms with Gasteiger partial charge in [0.1, 0.15) is 11.6 Å². The van der Waals surface area contributed by atoms with Crippen molar-refractivity contribution in [2.45, 2.75) is 32.8 Å². The zero-order valence-electron chi connectivity index (χ0n) is 17.8. The first kappa shape index (κ1) is 22.2. The lowest BCUT2D eigenvalue weighted by atomic mass is 10.0. The number of allylic oxidation sites excluding steroid dienone is 4. The maximum Gasteiger partial charge on any atom is 0.257 e. The molecule has 4 rings (SSSR count). The van der Waals surface area contributed by atoms with Crippen LogP contribution in [0.15, 0.2) is 60.8 Å². The highest BCUT2D eigenvalue weighted by atomic mass is 35.5. The second-order valence-corrected chi connectivity index (χ2v) is 8.58. The molecule has 1 aromatic heterocycles. The normalized spacial score (nSPS) is 13.2. The molecule has 0 saturated heterocycles. The van der Waals surface area contributed by atoms with Crippen LogP contribution in [0.2, 0.25) is 10.0 Å². The summed E-state index contributed by atoms with van der Waals surface area (Å²) in [6.45, 7) is 3.86. The topological polar surface area (TPSA) is 67.0 Å². The van der Waals surface area contributed by atoms with E-state index in [1.165, 1.54) is 5.57 Å². The van der Waals surface area contributed by atoms with Crippen molar-refractivity contribution >= 4 is 40.4 Å². The zero-order valence-corrected chi connectivity index (χ0v) is 19.3. The fourth-order valence-electron chi connectivity index (χ4n) is 3.46. The molecule has 1 aliphatic rings. The summed E-state index contributed by atoms with van der Waals surface area (Å²) in [6, 6.07) is 10.3. The van der Waals surface area contributed by atoms with Crippen LogP contribution in [0.1, 0.15) is 42.7 Å². The molecule has 0 bridgehead atoms. The number of carbonyl (C=O) groups excluding carboxylic acids is 1. The lowest BCUT2D eigenvalue weighted by Crippen LogP contribution is -2.13. The summed E-state index contributed by atoms with van der Waals surface area (Å²) in [5.74, 6) is 0.941. The quantitative estimate of drug-likeness (QED) is 0.404. The highest BCUT2D eigenvalue weighted by Gasteiger charge is 2.15. The number of ether oxygens (including phenoxy) is 1. The van der Waals surface area contributed by atoms with Crippen molar-refractivity contribution in [1.82, 2.24) is 9.97 Å². The van der Waals surface area contributed by atoms with Gasteiger partial charge in [0, 0.05) is 11.3 Å². The molecule has 1 aliphatic carbocycles. The van der Waals surface area contributed by atoms with Gasteiger partial charge in [-0.2, -0.15) is 0 Å². The van der Waals surface area contributed by atoms with Crippen molar-refractivity contribution in [2.24, 2.45) is 0 Å². The van der Waals surface area contributed by atoms with Gasteiger partial charge in [0.15, 0.2) is 0 Å². The van der Waals surface area contributed by atoms with Crippen molar-refractivity contribution in [3.05, 3.63) is 82.1 Å². The molecule has 0 radical (unpaired) electrons. The Morgan fingerprint density at radius 3 is 2.72 bits per heavy atom. The van der Waals surface area contributed by atoms with E-state index in [4.69, 9.17) is 27.9 Å². The average molecular weight is 468 g/mol. The summed E-state index contributed by atoms with van der Waals surface area (Å²) in [4.78, 5) is 20.6. The Morgan fingerprint density at radius 2 is 2.00 bits per heavy atom. The fourth-order valence-corrected chi connectivity index (χ4v) is 3.92. The number of amides is 1. The Balaban J connectivity index is 1.54. The lowest BCUT2D eigenvalue weighted by Gasteiger charge is -2.12. The van der Waals surface area contributed by atoms with Crippen LogP contribution in [0.3, 0.4) is 0 Å². The van der Waals surface area contributed by atoms with E-state index in [2.05, 4.69) is 33.5 Å². The summed E-state index contributed by atoms with van der Waals surface area (Å²) >= 11 is 12.7. The number of hydrogen-bond donors (Lipinski definition) is 2. The monoisotopic (exact) mass is 467 g/mol. The maximum atomic E-state index is 12.8. The number of rotatable bonds is 6. The molecule has 0 fully saturated rings. The molecule has 0 aliphatic heterocycles. The SMILES string of the molecule is CC(C)Oc1ccc(C(=O)Nc2ccc(Cl)c(-c3ncc(C4=CC=CCC4)[nH]3)c2)c(Cl)c1. The van der Waals surface area contributed by atoms with Gasteiger partial charge in [-0.25, -0.2) is 4.98 Å². The molecular formula is C25H23Cl2N3O2. The number of aromatic amines is 1. The van der Waals surface area contributed by atoms with Crippen molar-refractivity contribution in [2.75, 3.05) is 5.32 Å². The Kier molecular flexibility index (Phi) is 6.68. The number of carbonyl (C=O) groups is 1. The molecule has 0 atom stereocenters. The molecule has 1 amide bonds. The molecular weight excluding hydrogens is 445 g/mol. The Hall–Kier alpha value is -3.02. The van der Waals surface area contributed by atoms with Crippen LogP contribution >= 0.6 is 23.2 Å². The predicted molar refractivity (Wildman–Crippen MR) is 131 cm³/mol. The summed E-state index contributed by atoms with van der Waals surface area (Å²) in [7, 11) is 0. The first-order chi connectivity index (χ1) is 15.4. The molecule has 0 saturated carbocycles. The van der Waals surface area contributed by atoms with E-state index in [1.54, 1.807) is 36.4 Å². The molecule has 1 heterocycles. The van der Waals surface area contributed by atoms with Crippen molar-refractivity contribution in [3.63, 3.8) is 0 Å². The van der Waals surface area contributed by atoms with E-state index in [0.717, 1.165) is 18.5 Å². The van der Waals surface area contributed by atoms with Crippen LogP contribution in [0.25, 0.3) is 17.0 Å². The van der Waals surface area contributed by atoms with E-state index >= 15 is 0 Å². The highest BCUT2D eigenvalue weighted by Crippen LogP contribution is 2.31.